The summed E-state index contributed by atoms with van der Waals surface area (Å²) in [6, 6.07) is 0. The van der Waals surface area contributed by atoms with Crippen molar-refractivity contribution in [2.24, 2.45) is 23.7 Å². The first-order valence-electron chi connectivity index (χ1n) is 8.54. The molecule has 0 aromatic rings. The van der Waals surface area contributed by atoms with Crippen LogP contribution in [0.1, 0.15) is 86.0 Å². The Balaban J connectivity index is 0.000000982. The van der Waals surface area contributed by atoms with E-state index in [1.807, 2.05) is 0 Å². The van der Waals surface area contributed by atoms with Gasteiger partial charge in [0, 0.05) is 5.92 Å². The van der Waals surface area contributed by atoms with Crippen LogP contribution in [0.4, 0.5) is 0 Å². The first-order chi connectivity index (χ1) is 9.08. The van der Waals surface area contributed by atoms with Crippen molar-refractivity contribution in [3.8, 4) is 0 Å². The molecule has 0 amide bonds. The SMILES string of the molecule is CCC.CCC(C)CCC(C)C1CCC(C=O)CC1. The van der Waals surface area contributed by atoms with Crippen LogP contribution in [0.5, 0.6) is 0 Å². The third kappa shape index (κ3) is 8.44. The Morgan fingerprint density at radius 3 is 1.95 bits per heavy atom. The summed E-state index contributed by atoms with van der Waals surface area (Å²) in [5.41, 5.74) is 0. The molecular weight excluding hydrogens is 232 g/mol. The zero-order valence-electron chi connectivity index (χ0n) is 14.0. The van der Waals surface area contributed by atoms with Gasteiger partial charge in [0.15, 0.2) is 0 Å². The van der Waals surface area contributed by atoms with Crippen molar-refractivity contribution in [2.45, 2.75) is 86.0 Å². The first-order valence-corrected chi connectivity index (χ1v) is 8.54. The number of rotatable bonds is 6. The van der Waals surface area contributed by atoms with E-state index < -0.39 is 0 Å². The number of carbonyl (C=O) groups excluding carboxylic acids is 1. The number of carbonyl (C=O) groups is 1. The van der Waals surface area contributed by atoms with Crippen LogP contribution in [0.2, 0.25) is 0 Å². The lowest BCUT2D eigenvalue weighted by atomic mass is 9.75. The zero-order chi connectivity index (χ0) is 14.7. The van der Waals surface area contributed by atoms with Crippen molar-refractivity contribution >= 4 is 6.29 Å². The Bertz CT molecular complexity index is 204. The molecule has 0 N–H and O–H groups in total. The van der Waals surface area contributed by atoms with Crippen molar-refractivity contribution in [1.82, 2.24) is 0 Å². The highest BCUT2D eigenvalue weighted by Crippen LogP contribution is 2.35. The lowest BCUT2D eigenvalue weighted by Gasteiger charge is -2.30. The Kier molecular flexibility index (Phi) is 11.3. The molecule has 0 aromatic heterocycles. The van der Waals surface area contributed by atoms with Crippen LogP contribution in [0.25, 0.3) is 0 Å². The standard InChI is InChI=1S/C15H28O.C3H8/c1-4-12(2)5-6-13(3)15-9-7-14(11-16)8-10-15;1-3-2/h11-15H,4-10H2,1-3H3;3H2,1-2H3. The van der Waals surface area contributed by atoms with E-state index in [4.69, 9.17) is 0 Å². The predicted octanol–water partition coefficient (Wildman–Crippen LogP) is 5.87. The third-order valence-electron chi connectivity index (χ3n) is 4.63. The van der Waals surface area contributed by atoms with Gasteiger partial charge in [0.05, 0.1) is 0 Å². The average molecular weight is 268 g/mol. The van der Waals surface area contributed by atoms with Gasteiger partial charge in [-0.2, -0.15) is 0 Å². The Labute approximate surface area is 121 Å². The molecule has 1 saturated carbocycles. The minimum absolute atomic E-state index is 0.373. The van der Waals surface area contributed by atoms with Gasteiger partial charge < -0.3 is 4.79 Å². The first kappa shape index (κ1) is 18.7. The third-order valence-corrected chi connectivity index (χ3v) is 4.63. The summed E-state index contributed by atoms with van der Waals surface area (Å²) in [6.07, 6.45) is 11.3. The molecule has 0 saturated heterocycles. The van der Waals surface area contributed by atoms with Crippen molar-refractivity contribution in [3.63, 3.8) is 0 Å². The minimum Gasteiger partial charge on any atom is -0.303 e. The van der Waals surface area contributed by atoms with E-state index in [1.54, 1.807) is 0 Å². The van der Waals surface area contributed by atoms with Crippen LogP contribution in [-0.2, 0) is 4.79 Å². The van der Waals surface area contributed by atoms with Gasteiger partial charge in [-0.15, -0.1) is 0 Å². The molecule has 1 nitrogen and oxygen atoms in total. The van der Waals surface area contributed by atoms with Crippen molar-refractivity contribution in [2.75, 3.05) is 0 Å². The van der Waals surface area contributed by atoms with Crippen LogP contribution in [-0.4, -0.2) is 6.29 Å². The fraction of sp³-hybridized carbons (Fsp3) is 0.944. The monoisotopic (exact) mass is 268 g/mol. The normalized spacial score (nSPS) is 25.9. The molecular formula is C18H36O. The molecule has 1 fully saturated rings. The fourth-order valence-corrected chi connectivity index (χ4v) is 2.84. The van der Waals surface area contributed by atoms with Crippen LogP contribution < -0.4 is 0 Å². The van der Waals surface area contributed by atoms with Crippen LogP contribution in [0, 0.1) is 23.7 Å². The van der Waals surface area contributed by atoms with E-state index in [1.165, 1.54) is 44.8 Å². The predicted molar refractivity (Wildman–Crippen MR) is 85.3 cm³/mol. The largest absolute Gasteiger partial charge is 0.303 e. The van der Waals surface area contributed by atoms with Crippen molar-refractivity contribution < 1.29 is 4.79 Å². The molecule has 0 aliphatic heterocycles. The smallest absolute Gasteiger partial charge is 0.123 e. The summed E-state index contributed by atoms with van der Waals surface area (Å²) in [4.78, 5) is 10.7. The molecule has 1 aliphatic rings. The molecule has 19 heavy (non-hydrogen) atoms. The molecule has 2 atom stereocenters. The average Bonchev–Trinajstić information content (AvgIpc) is 2.45. The molecule has 0 bridgehead atoms. The fourth-order valence-electron chi connectivity index (χ4n) is 2.84. The van der Waals surface area contributed by atoms with Crippen LogP contribution >= 0.6 is 0 Å². The molecule has 0 radical (unpaired) electrons. The highest BCUT2D eigenvalue weighted by atomic mass is 16.1. The summed E-state index contributed by atoms with van der Waals surface area (Å²) in [5.74, 6) is 3.01. The van der Waals surface area contributed by atoms with Gasteiger partial charge in [-0.1, -0.05) is 60.3 Å². The summed E-state index contributed by atoms with van der Waals surface area (Å²) < 4.78 is 0. The summed E-state index contributed by atoms with van der Waals surface area (Å²) in [7, 11) is 0. The van der Waals surface area contributed by atoms with E-state index in [2.05, 4.69) is 34.6 Å². The summed E-state index contributed by atoms with van der Waals surface area (Å²) in [5, 5.41) is 0. The molecule has 1 aliphatic carbocycles. The maximum Gasteiger partial charge on any atom is 0.123 e. The Hall–Kier alpha value is -0.330. The summed E-state index contributed by atoms with van der Waals surface area (Å²) in [6.45, 7) is 11.3. The molecule has 0 spiro atoms. The van der Waals surface area contributed by atoms with Gasteiger partial charge in [0.25, 0.3) is 0 Å². The van der Waals surface area contributed by atoms with E-state index >= 15 is 0 Å². The topological polar surface area (TPSA) is 17.1 Å². The maximum absolute atomic E-state index is 10.7. The highest BCUT2D eigenvalue weighted by Gasteiger charge is 2.24. The van der Waals surface area contributed by atoms with E-state index in [0.717, 1.165) is 30.6 Å². The quantitative estimate of drug-likeness (QED) is 0.550. The number of hydrogen-bond donors (Lipinski definition) is 0. The lowest BCUT2D eigenvalue weighted by molar-refractivity contribution is -0.112. The van der Waals surface area contributed by atoms with E-state index in [0.29, 0.717) is 5.92 Å². The van der Waals surface area contributed by atoms with Gasteiger partial charge in [-0.3, -0.25) is 0 Å². The van der Waals surface area contributed by atoms with Crippen molar-refractivity contribution in [3.05, 3.63) is 0 Å². The van der Waals surface area contributed by atoms with E-state index in [-0.39, 0.29) is 0 Å². The molecule has 0 aromatic carbocycles. The molecule has 0 heterocycles. The molecule has 114 valence electrons. The molecule has 2 unspecified atom stereocenters. The van der Waals surface area contributed by atoms with Gasteiger partial charge >= 0.3 is 0 Å². The van der Waals surface area contributed by atoms with Crippen molar-refractivity contribution in [1.29, 1.82) is 0 Å². The number of hydrogen-bond acceptors (Lipinski definition) is 1. The van der Waals surface area contributed by atoms with Crippen LogP contribution in [0.3, 0.4) is 0 Å². The zero-order valence-corrected chi connectivity index (χ0v) is 14.0. The summed E-state index contributed by atoms with van der Waals surface area (Å²) >= 11 is 0. The molecule has 1 heteroatoms. The Morgan fingerprint density at radius 1 is 1.00 bits per heavy atom. The lowest BCUT2D eigenvalue weighted by Crippen LogP contribution is -2.21. The van der Waals surface area contributed by atoms with Crippen LogP contribution in [0.15, 0.2) is 0 Å². The Morgan fingerprint density at radius 2 is 1.53 bits per heavy atom. The minimum atomic E-state index is 0.373. The second-order valence-electron chi connectivity index (χ2n) is 6.59. The van der Waals surface area contributed by atoms with Gasteiger partial charge in [0.2, 0.25) is 0 Å². The second-order valence-corrected chi connectivity index (χ2v) is 6.59. The van der Waals surface area contributed by atoms with E-state index in [9.17, 15) is 4.79 Å². The van der Waals surface area contributed by atoms with Gasteiger partial charge in [-0.25, -0.2) is 0 Å². The van der Waals surface area contributed by atoms with Gasteiger partial charge in [-0.05, 0) is 43.4 Å². The molecule has 1 rings (SSSR count). The number of aldehydes is 1. The second kappa shape index (κ2) is 11.5. The maximum atomic E-state index is 10.7. The van der Waals surface area contributed by atoms with Gasteiger partial charge in [0.1, 0.15) is 6.29 Å². The highest BCUT2D eigenvalue weighted by molar-refractivity contribution is 5.53.